The number of nitrogens with one attached hydrogen (secondary N) is 1. The minimum atomic E-state index is -0.189. The van der Waals surface area contributed by atoms with Crippen LogP contribution in [0.25, 0.3) is 0 Å². The molecule has 1 aromatic rings. The fourth-order valence-electron chi connectivity index (χ4n) is 1.76. The Kier molecular flexibility index (Phi) is 3.64. The molecular weight excluding hydrogens is 202 g/mol. The smallest absolute Gasteiger partial charge is 0.267 e. The molecule has 0 atom stereocenters. The first-order valence-corrected chi connectivity index (χ1v) is 5.62. The fraction of sp³-hybridized carbons (Fsp3) is 0.417. The first-order valence-electron chi connectivity index (χ1n) is 5.62. The number of pyridine rings is 1. The van der Waals surface area contributed by atoms with E-state index in [1.54, 1.807) is 18.3 Å². The molecule has 1 saturated carbocycles. The summed E-state index contributed by atoms with van der Waals surface area (Å²) in [7, 11) is 0. The summed E-state index contributed by atoms with van der Waals surface area (Å²) < 4.78 is 0. The summed E-state index contributed by atoms with van der Waals surface area (Å²) in [6.07, 6.45) is 8.83. The van der Waals surface area contributed by atoms with Gasteiger partial charge < -0.3 is 0 Å². The van der Waals surface area contributed by atoms with Crippen LogP contribution in [0.4, 0.5) is 0 Å². The number of rotatable bonds is 2. The molecule has 1 amide bonds. The van der Waals surface area contributed by atoms with Gasteiger partial charge >= 0.3 is 0 Å². The number of aromatic nitrogens is 1. The number of hydrazone groups is 1. The summed E-state index contributed by atoms with van der Waals surface area (Å²) in [4.78, 5) is 15.5. The van der Waals surface area contributed by atoms with E-state index in [-0.39, 0.29) is 5.91 Å². The zero-order valence-corrected chi connectivity index (χ0v) is 9.15. The van der Waals surface area contributed by atoms with Crippen LogP contribution in [0.15, 0.2) is 29.6 Å². The lowest BCUT2D eigenvalue weighted by Crippen LogP contribution is -2.20. The number of hydrogen-bond acceptors (Lipinski definition) is 3. The van der Waals surface area contributed by atoms with Crippen molar-refractivity contribution in [3.8, 4) is 0 Å². The topological polar surface area (TPSA) is 54.4 Å². The van der Waals surface area contributed by atoms with E-state index >= 15 is 0 Å². The average molecular weight is 217 g/mol. The predicted octanol–water partition coefficient (Wildman–Crippen LogP) is 2.13. The van der Waals surface area contributed by atoms with Gasteiger partial charge in [-0.2, -0.15) is 5.10 Å². The van der Waals surface area contributed by atoms with Crippen LogP contribution in [0.3, 0.4) is 0 Å². The molecule has 2 rings (SSSR count). The SMILES string of the molecule is O=C(NN=C1CCCCC1)c1cccnc1. The van der Waals surface area contributed by atoms with E-state index in [0.717, 1.165) is 18.6 Å². The zero-order valence-electron chi connectivity index (χ0n) is 9.15. The molecule has 1 aliphatic carbocycles. The van der Waals surface area contributed by atoms with E-state index in [9.17, 15) is 4.79 Å². The Hall–Kier alpha value is -1.71. The largest absolute Gasteiger partial charge is 0.272 e. The second-order valence-corrected chi connectivity index (χ2v) is 3.92. The normalized spacial score (nSPS) is 15.6. The van der Waals surface area contributed by atoms with Gasteiger partial charge in [-0.25, -0.2) is 5.43 Å². The molecule has 0 bridgehead atoms. The van der Waals surface area contributed by atoms with Crippen molar-refractivity contribution in [3.63, 3.8) is 0 Å². The van der Waals surface area contributed by atoms with Crippen molar-refractivity contribution in [2.24, 2.45) is 5.10 Å². The molecule has 16 heavy (non-hydrogen) atoms. The highest BCUT2D eigenvalue weighted by Gasteiger charge is 2.08. The maximum Gasteiger partial charge on any atom is 0.272 e. The Labute approximate surface area is 94.8 Å². The van der Waals surface area contributed by atoms with Crippen molar-refractivity contribution in [1.82, 2.24) is 10.4 Å². The van der Waals surface area contributed by atoms with Crippen LogP contribution in [-0.4, -0.2) is 16.6 Å². The summed E-state index contributed by atoms with van der Waals surface area (Å²) >= 11 is 0. The van der Waals surface area contributed by atoms with Gasteiger partial charge in [0.25, 0.3) is 5.91 Å². The zero-order chi connectivity index (χ0) is 11.2. The molecule has 1 aromatic heterocycles. The van der Waals surface area contributed by atoms with Crippen LogP contribution in [0, 0.1) is 0 Å². The highest BCUT2D eigenvalue weighted by atomic mass is 16.2. The molecule has 1 heterocycles. The average Bonchev–Trinajstić information content (AvgIpc) is 2.38. The van der Waals surface area contributed by atoms with Gasteiger partial charge in [-0.1, -0.05) is 6.42 Å². The third kappa shape index (κ3) is 2.89. The Morgan fingerprint density at radius 2 is 2.12 bits per heavy atom. The molecule has 84 valence electrons. The molecular formula is C12H15N3O. The quantitative estimate of drug-likeness (QED) is 0.771. The highest BCUT2D eigenvalue weighted by molar-refractivity contribution is 5.95. The number of carbonyl (C=O) groups is 1. The Bertz CT molecular complexity index is 379. The number of carbonyl (C=O) groups excluding carboxylic acids is 1. The molecule has 0 unspecified atom stereocenters. The van der Waals surface area contributed by atoms with Crippen LogP contribution in [0.1, 0.15) is 42.5 Å². The molecule has 1 fully saturated rings. The van der Waals surface area contributed by atoms with Gasteiger partial charge in [-0.3, -0.25) is 9.78 Å². The Morgan fingerprint density at radius 3 is 2.81 bits per heavy atom. The van der Waals surface area contributed by atoms with Gasteiger partial charge in [-0.15, -0.1) is 0 Å². The van der Waals surface area contributed by atoms with E-state index in [1.807, 2.05) is 0 Å². The molecule has 0 saturated heterocycles. The van der Waals surface area contributed by atoms with Crippen LogP contribution in [0.2, 0.25) is 0 Å². The first kappa shape index (κ1) is 10.8. The molecule has 0 spiro atoms. The maximum atomic E-state index is 11.6. The number of hydrogen-bond donors (Lipinski definition) is 1. The molecule has 0 radical (unpaired) electrons. The van der Waals surface area contributed by atoms with Gasteiger partial charge in [0.2, 0.25) is 0 Å². The fourth-order valence-corrected chi connectivity index (χ4v) is 1.76. The lowest BCUT2D eigenvalue weighted by Gasteiger charge is -2.11. The van der Waals surface area contributed by atoms with E-state index in [2.05, 4.69) is 15.5 Å². The number of amides is 1. The second kappa shape index (κ2) is 5.39. The molecule has 4 heteroatoms. The third-order valence-corrected chi connectivity index (χ3v) is 2.67. The standard InChI is InChI=1S/C12H15N3O/c16-12(10-5-4-8-13-9-10)15-14-11-6-2-1-3-7-11/h4-5,8-9H,1-3,6-7H2,(H,15,16). The molecule has 0 aliphatic heterocycles. The van der Waals surface area contributed by atoms with Crippen molar-refractivity contribution in [2.45, 2.75) is 32.1 Å². The van der Waals surface area contributed by atoms with Crippen LogP contribution in [-0.2, 0) is 0 Å². The molecule has 1 N–H and O–H groups in total. The summed E-state index contributed by atoms with van der Waals surface area (Å²) in [5.41, 5.74) is 4.22. The Morgan fingerprint density at radius 1 is 1.31 bits per heavy atom. The van der Waals surface area contributed by atoms with E-state index < -0.39 is 0 Å². The minimum Gasteiger partial charge on any atom is -0.267 e. The molecule has 4 nitrogen and oxygen atoms in total. The van der Waals surface area contributed by atoms with Crippen molar-refractivity contribution in [2.75, 3.05) is 0 Å². The lowest BCUT2D eigenvalue weighted by molar-refractivity contribution is 0.0954. The highest BCUT2D eigenvalue weighted by Crippen LogP contribution is 2.14. The third-order valence-electron chi connectivity index (χ3n) is 2.67. The van der Waals surface area contributed by atoms with E-state index in [4.69, 9.17) is 0 Å². The lowest BCUT2D eigenvalue weighted by atomic mass is 9.99. The monoisotopic (exact) mass is 217 g/mol. The predicted molar refractivity (Wildman–Crippen MR) is 62.2 cm³/mol. The summed E-state index contributed by atoms with van der Waals surface area (Å²) in [6, 6.07) is 3.46. The van der Waals surface area contributed by atoms with Crippen molar-refractivity contribution in [3.05, 3.63) is 30.1 Å². The van der Waals surface area contributed by atoms with Crippen molar-refractivity contribution >= 4 is 11.6 Å². The summed E-state index contributed by atoms with van der Waals surface area (Å²) in [5.74, 6) is -0.189. The van der Waals surface area contributed by atoms with Crippen LogP contribution >= 0.6 is 0 Å². The Balaban J connectivity index is 1.92. The van der Waals surface area contributed by atoms with Gasteiger partial charge in [0, 0.05) is 18.1 Å². The van der Waals surface area contributed by atoms with Crippen molar-refractivity contribution in [1.29, 1.82) is 0 Å². The first-order chi connectivity index (χ1) is 7.86. The van der Waals surface area contributed by atoms with Crippen LogP contribution in [0.5, 0.6) is 0 Å². The van der Waals surface area contributed by atoms with E-state index in [1.165, 1.54) is 25.5 Å². The minimum absolute atomic E-state index is 0.189. The van der Waals surface area contributed by atoms with Crippen molar-refractivity contribution < 1.29 is 4.79 Å². The van der Waals surface area contributed by atoms with Gasteiger partial charge in [0.15, 0.2) is 0 Å². The summed E-state index contributed by atoms with van der Waals surface area (Å²) in [6.45, 7) is 0. The molecule has 1 aliphatic rings. The number of nitrogens with zero attached hydrogens (tertiary/aromatic N) is 2. The second-order valence-electron chi connectivity index (χ2n) is 3.92. The van der Waals surface area contributed by atoms with Gasteiger partial charge in [-0.05, 0) is 37.8 Å². The maximum absolute atomic E-state index is 11.6. The van der Waals surface area contributed by atoms with E-state index in [0.29, 0.717) is 5.56 Å². The van der Waals surface area contributed by atoms with Gasteiger partial charge in [0.1, 0.15) is 0 Å². The summed E-state index contributed by atoms with van der Waals surface area (Å²) in [5, 5.41) is 4.15. The van der Waals surface area contributed by atoms with Gasteiger partial charge in [0.05, 0.1) is 5.56 Å². The van der Waals surface area contributed by atoms with Crippen LogP contribution < -0.4 is 5.43 Å². The molecule has 0 aromatic carbocycles.